The van der Waals surface area contributed by atoms with Gasteiger partial charge in [0.25, 0.3) is 11.8 Å². The van der Waals surface area contributed by atoms with E-state index in [2.05, 4.69) is 15.8 Å². The molecule has 22 heavy (non-hydrogen) atoms. The number of nitrogens with one attached hydrogen (secondary N) is 2. The molecule has 0 fully saturated rings. The zero-order chi connectivity index (χ0) is 15.9. The van der Waals surface area contributed by atoms with Crippen LogP contribution in [0.5, 0.6) is 0 Å². The molecule has 0 bridgehead atoms. The molecule has 0 saturated heterocycles. The second-order valence-corrected chi connectivity index (χ2v) is 4.78. The van der Waals surface area contributed by atoms with Crippen LogP contribution in [0, 0.1) is 0 Å². The average Bonchev–Trinajstić information content (AvgIpc) is 3.05. The van der Waals surface area contributed by atoms with Gasteiger partial charge in [0.15, 0.2) is 0 Å². The predicted molar refractivity (Wildman–Crippen MR) is 82.8 cm³/mol. The lowest BCUT2D eigenvalue weighted by Gasteiger charge is -2.06. The third kappa shape index (κ3) is 4.20. The van der Waals surface area contributed by atoms with Crippen LogP contribution in [0.3, 0.4) is 0 Å². The summed E-state index contributed by atoms with van der Waals surface area (Å²) in [5.74, 6) is -0.320. The molecule has 0 aliphatic rings. The lowest BCUT2D eigenvalue weighted by Crippen LogP contribution is -2.35. The number of hydrazone groups is 1. The number of halogens is 1. The van der Waals surface area contributed by atoms with Crippen molar-refractivity contribution in [3.8, 4) is 0 Å². The summed E-state index contributed by atoms with van der Waals surface area (Å²) >= 11 is 5.90. The Bertz CT molecular complexity index is 696. The predicted octanol–water partition coefficient (Wildman–Crippen LogP) is 2.20. The number of amides is 2. The van der Waals surface area contributed by atoms with Gasteiger partial charge in [-0.1, -0.05) is 23.7 Å². The number of benzene rings is 1. The minimum Gasteiger partial charge on any atom is -0.463 e. The summed E-state index contributed by atoms with van der Waals surface area (Å²) in [5, 5.41) is 6.68. The van der Waals surface area contributed by atoms with Crippen LogP contribution in [-0.4, -0.2) is 24.1 Å². The third-order valence-corrected chi connectivity index (χ3v) is 3.08. The van der Waals surface area contributed by atoms with Crippen molar-refractivity contribution in [2.45, 2.75) is 6.92 Å². The lowest BCUT2D eigenvalue weighted by atomic mass is 10.2. The molecule has 2 N–H and O–H groups in total. The maximum absolute atomic E-state index is 11.9. The molecule has 0 aliphatic heterocycles. The fourth-order valence-corrected chi connectivity index (χ4v) is 1.85. The van der Waals surface area contributed by atoms with Crippen LogP contribution >= 0.6 is 11.6 Å². The summed E-state index contributed by atoms with van der Waals surface area (Å²) in [6.07, 6.45) is 1.51. The van der Waals surface area contributed by atoms with E-state index < -0.39 is 11.8 Å². The highest BCUT2D eigenvalue weighted by molar-refractivity contribution is 6.33. The first-order valence-electron chi connectivity index (χ1n) is 6.47. The van der Waals surface area contributed by atoms with Gasteiger partial charge in [0, 0.05) is 0 Å². The van der Waals surface area contributed by atoms with E-state index in [0.717, 1.165) is 0 Å². The molecule has 0 unspecified atom stereocenters. The number of hydrogen-bond acceptors (Lipinski definition) is 4. The zero-order valence-corrected chi connectivity index (χ0v) is 12.6. The summed E-state index contributed by atoms with van der Waals surface area (Å²) in [4.78, 5) is 23.5. The van der Waals surface area contributed by atoms with Gasteiger partial charge in [-0.2, -0.15) is 5.10 Å². The van der Waals surface area contributed by atoms with Crippen LogP contribution in [0.2, 0.25) is 5.02 Å². The molecular weight excluding hydrogens is 306 g/mol. The van der Waals surface area contributed by atoms with Crippen molar-refractivity contribution in [1.29, 1.82) is 0 Å². The molecule has 1 heterocycles. The number of rotatable bonds is 5. The first-order chi connectivity index (χ1) is 10.6. The Morgan fingerprint density at radius 2 is 2.00 bits per heavy atom. The van der Waals surface area contributed by atoms with Crippen LogP contribution in [0.25, 0.3) is 0 Å². The highest BCUT2D eigenvalue weighted by atomic mass is 35.5. The molecule has 0 radical (unpaired) electrons. The van der Waals surface area contributed by atoms with Gasteiger partial charge < -0.3 is 9.73 Å². The number of carbonyl (C=O) groups excluding carboxylic acids is 2. The molecule has 114 valence electrons. The summed E-state index contributed by atoms with van der Waals surface area (Å²) in [6.45, 7) is 1.49. The minimum atomic E-state index is -0.452. The third-order valence-electron chi connectivity index (χ3n) is 2.75. The van der Waals surface area contributed by atoms with E-state index in [1.54, 1.807) is 43.3 Å². The van der Waals surface area contributed by atoms with E-state index in [1.807, 2.05) is 0 Å². The highest BCUT2D eigenvalue weighted by Crippen LogP contribution is 2.14. The summed E-state index contributed by atoms with van der Waals surface area (Å²) < 4.78 is 5.13. The van der Waals surface area contributed by atoms with Gasteiger partial charge in [-0.05, 0) is 31.2 Å². The van der Waals surface area contributed by atoms with Crippen molar-refractivity contribution < 1.29 is 14.0 Å². The standard InChI is InChI=1S/C15H14ClN3O3/c1-10(13-7-4-8-22-13)18-19-14(20)9-17-15(21)11-5-2-3-6-12(11)16/h2-8H,9H2,1H3,(H,17,21)(H,19,20). The molecule has 1 aromatic carbocycles. The first kappa shape index (κ1) is 15.8. The molecule has 1 aromatic heterocycles. The molecule has 0 aliphatic carbocycles. The molecular formula is C15H14ClN3O3. The van der Waals surface area contributed by atoms with Crippen LogP contribution in [0.1, 0.15) is 23.0 Å². The molecule has 2 amide bonds. The van der Waals surface area contributed by atoms with Crippen molar-refractivity contribution in [2.75, 3.05) is 6.54 Å². The first-order valence-corrected chi connectivity index (χ1v) is 6.85. The van der Waals surface area contributed by atoms with Gasteiger partial charge in [0.05, 0.1) is 23.4 Å². The van der Waals surface area contributed by atoms with E-state index in [4.69, 9.17) is 16.0 Å². The Morgan fingerprint density at radius 3 is 2.68 bits per heavy atom. The SMILES string of the molecule is CC(=NNC(=O)CNC(=O)c1ccccc1Cl)c1ccco1. The summed E-state index contributed by atoms with van der Waals surface area (Å²) in [5.41, 5.74) is 3.17. The Hall–Kier alpha value is -2.60. The number of hydrogen-bond donors (Lipinski definition) is 2. The second kappa shape index (κ2) is 7.42. The minimum absolute atomic E-state index is 0.209. The fourth-order valence-electron chi connectivity index (χ4n) is 1.63. The number of furan rings is 1. The topological polar surface area (TPSA) is 83.7 Å². The smallest absolute Gasteiger partial charge is 0.259 e. The molecule has 2 aromatic rings. The molecule has 6 nitrogen and oxygen atoms in total. The van der Waals surface area contributed by atoms with Gasteiger partial charge in [-0.15, -0.1) is 0 Å². The monoisotopic (exact) mass is 319 g/mol. The largest absolute Gasteiger partial charge is 0.463 e. The van der Waals surface area contributed by atoms with E-state index in [0.29, 0.717) is 22.1 Å². The number of carbonyl (C=O) groups is 2. The van der Waals surface area contributed by atoms with Crippen molar-refractivity contribution in [3.63, 3.8) is 0 Å². The van der Waals surface area contributed by atoms with Crippen molar-refractivity contribution in [3.05, 3.63) is 59.0 Å². The fraction of sp³-hybridized carbons (Fsp3) is 0.133. The maximum Gasteiger partial charge on any atom is 0.259 e. The lowest BCUT2D eigenvalue weighted by molar-refractivity contribution is -0.120. The Morgan fingerprint density at radius 1 is 1.23 bits per heavy atom. The van der Waals surface area contributed by atoms with Crippen molar-refractivity contribution in [1.82, 2.24) is 10.7 Å². The molecule has 0 saturated carbocycles. The summed E-state index contributed by atoms with van der Waals surface area (Å²) in [6, 6.07) is 10.0. The van der Waals surface area contributed by atoms with Crippen LogP contribution in [-0.2, 0) is 4.79 Å². The van der Waals surface area contributed by atoms with E-state index in [9.17, 15) is 9.59 Å². The Labute approximate surface area is 132 Å². The highest BCUT2D eigenvalue weighted by Gasteiger charge is 2.10. The second-order valence-electron chi connectivity index (χ2n) is 4.37. The molecule has 2 rings (SSSR count). The van der Waals surface area contributed by atoms with Crippen molar-refractivity contribution in [2.24, 2.45) is 5.10 Å². The van der Waals surface area contributed by atoms with Crippen molar-refractivity contribution >= 4 is 29.1 Å². The zero-order valence-electron chi connectivity index (χ0n) is 11.8. The van der Waals surface area contributed by atoms with Gasteiger partial charge in [-0.3, -0.25) is 9.59 Å². The van der Waals surface area contributed by atoms with Gasteiger partial charge in [0.2, 0.25) is 0 Å². The van der Waals surface area contributed by atoms with Crippen LogP contribution in [0.15, 0.2) is 52.2 Å². The van der Waals surface area contributed by atoms with Crippen LogP contribution in [0.4, 0.5) is 0 Å². The van der Waals surface area contributed by atoms with Gasteiger partial charge in [-0.25, -0.2) is 5.43 Å². The normalized spacial score (nSPS) is 11.1. The van der Waals surface area contributed by atoms with E-state index in [1.165, 1.54) is 6.26 Å². The van der Waals surface area contributed by atoms with E-state index in [-0.39, 0.29) is 6.54 Å². The average molecular weight is 320 g/mol. The Balaban J connectivity index is 1.84. The number of nitrogens with zero attached hydrogens (tertiary/aromatic N) is 1. The van der Waals surface area contributed by atoms with Crippen LogP contribution < -0.4 is 10.7 Å². The maximum atomic E-state index is 11.9. The van der Waals surface area contributed by atoms with Gasteiger partial charge >= 0.3 is 0 Å². The molecule has 0 atom stereocenters. The van der Waals surface area contributed by atoms with Gasteiger partial charge in [0.1, 0.15) is 11.5 Å². The summed E-state index contributed by atoms with van der Waals surface area (Å²) in [7, 11) is 0. The van der Waals surface area contributed by atoms with E-state index >= 15 is 0 Å². The molecule has 0 spiro atoms. The molecule has 7 heteroatoms. The quantitative estimate of drug-likeness (QED) is 0.654. The Kier molecular flexibility index (Phi) is 5.32.